The highest BCUT2D eigenvalue weighted by Crippen LogP contribution is 2.27. The maximum absolute atomic E-state index is 11.4. The molecule has 3 nitrogen and oxygen atoms in total. The van der Waals surface area contributed by atoms with Gasteiger partial charge in [0.25, 0.3) is 0 Å². The summed E-state index contributed by atoms with van der Waals surface area (Å²) < 4.78 is 1.01. The Hall–Kier alpha value is -0.870. The van der Waals surface area contributed by atoms with Crippen LogP contribution in [0, 0.1) is 0 Å². The van der Waals surface area contributed by atoms with E-state index in [9.17, 15) is 4.79 Å². The molecule has 1 amide bonds. The zero-order chi connectivity index (χ0) is 10.3. The van der Waals surface area contributed by atoms with E-state index in [1.54, 1.807) is 4.90 Å². The van der Waals surface area contributed by atoms with E-state index >= 15 is 0 Å². The van der Waals surface area contributed by atoms with Crippen LogP contribution in [0.2, 0.25) is 0 Å². The Bertz CT molecular complexity index is 363. The summed E-state index contributed by atoms with van der Waals surface area (Å²) >= 11 is 3.35. The molecule has 0 bridgehead atoms. The second-order valence-corrected chi connectivity index (χ2v) is 4.37. The zero-order valence-electron chi connectivity index (χ0n) is 7.77. The van der Waals surface area contributed by atoms with Crippen LogP contribution in [0.15, 0.2) is 28.7 Å². The summed E-state index contributed by atoms with van der Waals surface area (Å²) in [6, 6.07) is 7.41. The monoisotopic (exact) mass is 254 g/mol. The van der Waals surface area contributed by atoms with Crippen LogP contribution in [0.25, 0.3) is 0 Å². The van der Waals surface area contributed by atoms with Gasteiger partial charge in [0, 0.05) is 10.2 Å². The second kappa shape index (κ2) is 3.37. The van der Waals surface area contributed by atoms with Gasteiger partial charge in [-0.25, -0.2) is 0 Å². The summed E-state index contributed by atoms with van der Waals surface area (Å²) in [6.45, 7) is 1.95. The van der Waals surface area contributed by atoms with Gasteiger partial charge in [0.15, 0.2) is 0 Å². The Morgan fingerprint density at radius 2 is 1.93 bits per heavy atom. The average molecular weight is 255 g/mol. The van der Waals surface area contributed by atoms with Crippen molar-refractivity contribution in [3.05, 3.63) is 28.7 Å². The van der Waals surface area contributed by atoms with Crippen molar-refractivity contribution in [2.45, 2.75) is 19.0 Å². The molecule has 1 aliphatic rings. The fourth-order valence-electron chi connectivity index (χ4n) is 1.61. The standard InChI is InChI=1S/C10H11BrN2O/c1-6-9(12)10(14)13(6)8-4-2-7(11)3-5-8/h2-6,9H,12H2,1H3/t6-,9-/m0/s1. The highest BCUT2D eigenvalue weighted by molar-refractivity contribution is 9.10. The fraction of sp³-hybridized carbons (Fsp3) is 0.300. The van der Waals surface area contributed by atoms with Crippen molar-refractivity contribution in [3.63, 3.8) is 0 Å². The molecule has 1 heterocycles. The van der Waals surface area contributed by atoms with Gasteiger partial charge in [0.05, 0.1) is 6.04 Å². The third-order valence-corrected chi connectivity index (χ3v) is 3.08. The summed E-state index contributed by atoms with van der Waals surface area (Å²) in [5, 5.41) is 0. The van der Waals surface area contributed by atoms with Crippen molar-refractivity contribution in [2.24, 2.45) is 5.73 Å². The topological polar surface area (TPSA) is 46.3 Å². The first-order valence-electron chi connectivity index (χ1n) is 4.45. The number of amides is 1. The lowest BCUT2D eigenvalue weighted by Crippen LogP contribution is -2.67. The first-order chi connectivity index (χ1) is 6.61. The van der Waals surface area contributed by atoms with Crippen LogP contribution in [-0.4, -0.2) is 18.0 Å². The van der Waals surface area contributed by atoms with E-state index in [0.717, 1.165) is 10.2 Å². The van der Waals surface area contributed by atoms with E-state index in [2.05, 4.69) is 15.9 Å². The predicted molar refractivity (Wildman–Crippen MR) is 59.1 cm³/mol. The zero-order valence-corrected chi connectivity index (χ0v) is 9.36. The van der Waals surface area contributed by atoms with Gasteiger partial charge in [-0.05, 0) is 31.2 Å². The molecular formula is C10H11BrN2O. The lowest BCUT2D eigenvalue weighted by atomic mass is 9.97. The van der Waals surface area contributed by atoms with Crippen molar-refractivity contribution in [1.82, 2.24) is 0 Å². The van der Waals surface area contributed by atoms with Gasteiger partial charge in [0.1, 0.15) is 6.04 Å². The maximum atomic E-state index is 11.4. The second-order valence-electron chi connectivity index (χ2n) is 3.45. The number of β-lactam (4-membered cyclic amide) rings is 1. The number of anilines is 1. The number of halogens is 1. The Kier molecular flexibility index (Phi) is 2.33. The van der Waals surface area contributed by atoms with E-state index in [1.165, 1.54) is 0 Å². The van der Waals surface area contributed by atoms with Gasteiger partial charge >= 0.3 is 0 Å². The average Bonchev–Trinajstić information content (AvgIpc) is 2.21. The number of carbonyl (C=O) groups is 1. The molecule has 1 saturated heterocycles. The first kappa shape index (κ1) is 9.68. The van der Waals surface area contributed by atoms with Crippen LogP contribution in [0.5, 0.6) is 0 Å². The molecule has 0 aromatic heterocycles. The van der Waals surface area contributed by atoms with Crippen LogP contribution in [-0.2, 0) is 4.79 Å². The number of nitrogens with two attached hydrogens (primary N) is 1. The minimum Gasteiger partial charge on any atom is -0.318 e. The number of rotatable bonds is 1. The number of benzene rings is 1. The normalized spacial score (nSPS) is 26.2. The summed E-state index contributed by atoms with van der Waals surface area (Å²) in [5.41, 5.74) is 6.53. The molecule has 1 aromatic rings. The molecule has 0 saturated carbocycles. The third-order valence-electron chi connectivity index (χ3n) is 2.55. The Morgan fingerprint density at radius 1 is 1.36 bits per heavy atom. The minimum atomic E-state index is -0.335. The number of carbonyl (C=O) groups excluding carboxylic acids is 1. The Labute approximate surface area is 91.0 Å². The number of nitrogens with zero attached hydrogens (tertiary/aromatic N) is 1. The van der Waals surface area contributed by atoms with Crippen LogP contribution in [0.3, 0.4) is 0 Å². The highest BCUT2D eigenvalue weighted by atomic mass is 79.9. The number of hydrogen-bond donors (Lipinski definition) is 1. The molecule has 0 aliphatic carbocycles. The summed E-state index contributed by atoms with van der Waals surface area (Å²) in [4.78, 5) is 13.2. The lowest BCUT2D eigenvalue weighted by molar-refractivity contribution is -0.125. The minimum absolute atomic E-state index is 0.000164. The van der Waals surface area contributed by atoms with E-state index in [-0.39, 0.29) is 18.0 Å². The lowest BCUT2D eigenvalue weighted by Gasteiger charge is -2.43. The van der Waals surface area contributed by atoms with Gasteiger partial charge in [0.2, 0.25) is 5.91 Å². The summed E-state index contributed by atoms with van der Waals surface area (Å²) in [6.07, 6.45) is 0. The largest absolute Gasteiger partial charge is 0.318 e. The van der Waals surface area contributed by atoms with Crippen molar-refractivity contribution in [1.29, 1.82) is 0 Å². The number of hydrogen-bond acceptors (Lipinski definition) is 2. The van der Waals surface area contributed by atoms with Crippen LogP contribution >= 0.6 is 15.9 Å². The summed E-state index contributed by atoms with van der Waals surface area (Å²) in [7, 11) is 0. The van der Waals surface area contributed by atoms with Gasteiger partial charge in [-0.3, -0.25) is 4.79 Å². The quantitative estimate of drug-likeness (QED) is 0.773. The smallest absolute Gasteiger partial charge is 0.246 e. The van der Waals surface area contributed by atoms with Gasteiger partial charge in [-0.1, -0.05) is 15.9 Å². The van der Waals surface area contributed by atoms with Gasteiger partial charge in [-0.15, -0.1) is 0 Å². The molecule has 1 fully saturated rings. The molecule has 2 atom stereocenters. The van der Waals surface area contributed by atoms with E-state index in [4.69, 9.17) is 5.73 Å². The predicted octanol–water partition coefficient (Wildman–Crippen LogP) is 1.51. The van der Waals surface area contributed by atoms with Crippen molar-refractivity contribution in [2.75, 3.05) is 4.90 Å². The van der Waals surface area contributed by atoms with Gasteiger partial charge < -0.3 is 10.6 Å². The molecule has 1 aromatic carbocycles. The van der Waals surface area contributed by atoms with Gasteiger partial charge in [-0.2, -0.15) is 0 Å². The molecule has 0 spiro atoms. The maximum Gasteiger partial charge on any atom is 0.246 e. The Morgan fingerprint density at radius 3 is 2.43 bits per heavy atom. The van der Waals surface area contributed by atoms with E-state index < -0.39 is 0 Å². The molecule has 4 heteroatoms. The van der Waals surface area contributed by atoms with Crippen LogP contribution in [0.1, 0.15) is 6.92 Å². The van der Waals surface area contributed by atoms with E-state index in [1.807, 2.05) is 31.2 Å². The molecular weight excluding hydrogens is 244 g/mol. The van der Waals surface area contributed by atoms with E-state index in [0.29, 0.717) is 0 Å². The fourth-order valence-corrected chi connectivity index (χ4v) is 1.87. The van der Waals surface area contributed by atoms with Crippen molar-refractivity contribution < 1.29 is 4.79 Å². The SMILES string of the molecule is C[C@H]1[C@H](N)C(=O)N1c1ccc(Br)cc1. The third kappa shape index (κ3) is 1.35. The molecule has 1 aliphatic heterocycles. The molecule has 2 N–H and O–H groups in total. The molecule has 0 unspecified atom stereocenters. The summed E-state index contributed by atoms with van der Waals surface area (Å²) in [5.74, 6) is -0.000164. The highest BCUT2D eigenvalue weighted by Gasteiger charge is 2.42. The van der Waals surface area contributed by atoms with Crippen molar-refractivity contribution >= 4 is 27.5 Å². The van der Waals surface area contributed by atoms with Crippen LogP contribution in [0.4, 0.5) is 5.69 Å². The molecule has 14 heavy (non-hydrogen) atoms. The van der Waals surface area contributed by atoms with Crippen LogP contribution < -0.4 is 10.6 Å². The first-order valence-corrected chi connectivity index (χ1v) is 5.25. The molecule has 2 rings (SSSR count). The molecule has 74 valence electrons. The van der Waals surface area contributed by atoms with Crippen molar-refractivity contribution in [3.8, 4) is 0 Å². The Balaban J connectivity index is 2.25. The molecule has 0 radical (unpaired) electrons.